The van der Waals surface area contributed by atoms with Crippen LogP contribution >= 0.6 is 0 Å². The van der Waals surface area contributed by atoms with Gasteiger partial charge in [0.25, 0.3) is 0 Å². The summed E-state index contributed by atoms with van der Waals surface area (Å²) in [6.45, 7) is 6.14. The van der Waals surface area contributed by atoms with E-state index in [-0.39, 0.29) is 18.6 Å². The van der Waals surface area contributed by atoms with Gasteiger partial charge in [0.15, 0.2) is 11.6 Å². The van der Waals surface area contributed by atoms with Crippen molar-refractivity contribution in [2.24, 2.45) is 0 Å². The summed E-state index contributed by atoms with van der Waals surface area (Å²) in [7, 11) is 0. The predicted octanol–water partition coefficient (Wildman–Crippen LogP) is 2.78. The fourth-order valence-corrected chi connectivity index (χ4v) is 3.11. The van der Waals surface area contributed by atoms with Gasteiger partial charge >= 0.3 is 6.03 Å². The van der Waals surface area contributed by atoms with Gasteiger partial charge in [-0.25, -0.2) is 13.6 Å². The first-order chi connectivity index (χ1) is 12.3. The number of urea groups is 1. The summed E-state index contributed by atoms with van der Waals surface area (Å²) >= 11 is 0. The van der Waals surface area contributed by atoms with E-state index in [0.717, 1.165) is 37.6 Å². The van der Waals surface area contributed by atoms with Crippen LogP contribution in [-0.4, -0.2) is 47.3 Å². The number of rotatable bonds is 7. The maximum atomic E-state index is 13.3. The molecule has 1 saturated heterocycles. The Hall–Kier alpha value is -1.73. The Morgan fingerprint density at radius 3 is 2.46 bits per heavy atom. The summed E-state index contributed by atoms with van der Waals surface area (Å²) in [5.41, 5.74) is -0.114. The number of nitrogens with one attached hydrogen (secondary N) is 2. The van der Waals surface area contributed by atoms with E-state index in [2.05, 4.69) is 15.5 Å². The van der Waals surface area contributed by atoms with Gasteiger partial charge in [-0.2, -0.15) is 0 Å². The number of nitrogens with zero attached hydrogens (tertiary/aromatic N) is 1. The molecule has 26 heavy (non-hydrogen) atoms. The maximum absolute atomic E-state index is 13.3. The maximum Gasteiger partial charge on any atom is 0.315 e. The average Bonchev–Trinajstić information content (AvgIpc) is 2.64. The number of carbonyl (C=O) groups is 1. The molecule has 5 nitrogen and oxygen atoms in total. The normalized spacial score (nSPS) is 16.5. The van der Waals surface area contributed by atoms with Gasteiger partial charge < -0.3 is 15.7 Å². The molecular weight excluding hydrogens is 340 g/mol. The first kappa shape index (κ1) is 20.6. The number of aliphatic hydroxyl groups is 1. The molecular formula is C19H29F2N3O2. The van der Waals surface area contributed by atoms with E-state index >= 15 is 0 Å². The Balaban J connectivity index is 1.72. The zero-order valence-corrected chi connectivity index (χ0v) is 15.5. The van der Waals surface area contributed by atoms with Crippen LogP contribution in [0, 0.1) is 11.6 Å². The summed E-state index contributed by atoms with van der Waals surface area (Å²) in [5, 5.41) is 15.9. The van der Waals surface area contributed by atoms with Crippen molar-refractivity contribution in [3.8, 4) is 0 Å². The van der Waals surface area contributed by atoms with Gasteiger partial charge in [-0.15, -0.1) is 0 Å². The Bertz CT molecular complexity index is 600. The molecule has 7 heteroatoms. The van der Waals surface area contributed by atoms with E-state index in [1.165, 1.54) is 6.07 Å². The third-order valence-corrected chi connectivity index (χ3v) is 5.21. The number of hydrogen-bond donors (Lipinski definition) is 3. The Morgan fingerprint density at radius 2 is 1.88 bits per heavy atom. The lowest BCUT2D eigenvalue weighted by Crippen LogP contribution is -2.51. The second-order valence-corrected chi connectivity index (χ2v) is 7.06. The van der Waals surface area contributed by atoms with E-state index in [0.29, 0.717) is 19.4 Å². The van der Waals surface area contributed by atoms with E-state index in [4.69, 9.17) is 0 Å². The summed E-state index contributed by atoms with van der Waals surface area (Å²) < 4.78 is 26.3. The number of hydrogen-bond acceptors (Lipinski definition) is 3. The largest absolute Gasteiger partial charge is 0.388 e. The van der Waals surface area contributed by atoms with E-state index in [1.54, 1.807) is 6.07 Å². The highest BCUT2D eigenvalue weighted by molar-refractivity contribution is 5.74. The fourth-order valence-electron chi connectivity index (χ4n) is 3.11. The SMILES string of the molecule is CCC(O)(CC)CNC(=O)NC1CCN(Cc2ccc(F)c(F)c2)CC1. The topological polar surface area (TPSA) is 64.6 Å². The molecule has 0 radical (unpaired) electrons. The van der Waals surface area contributed by atoms with Crippen molar-refractivity contribution < 1.29 is 18.7 Å². The molecule has 3 N–H and O–H groups in total. The van der Waals surface area contributed by atoms with Crippen LogP contribution in [0.15, 0.2) is 18.2 Å². The molecule has 2 rings (SSSR count). The van der Waals surface area contributed by atoms with Crippen molar-refractivity contribution >= 4 is 6.03 Å². The molecule has 2 amide bonds. The van der Waals surface area contributed by atoms with E-state index in [1.807, 2.05) is 13.8 Å². The number of benzene rings is 1. The van der Waals surface area contributed by atoms with Gasteiger partial charge in [0.05, 0.1) is 5.60 Å². The third kappa shape index (κ3) is 5.92. The monoisotopic (exact) mass is 369 g/mol. The molecule has 1 fully saturated rings. The second-order valence-electron chi connectivity index (χ2n) is 7.06. The lowest BCUT2D eigenvalue weighted by molar-refractivity contribution is 0.0347. The van der Waals surface area contributed by atoms with Crippen molar-refractivity contribution in [3.63, 3.8) is 0 Å². The number of carbonyl (C=O) groups excluding carboxylic acids is 1. The van der Waals surface area contributed by atoms with Crippen molar-refractivity contribution in [2.75, 3.05) is 19.6 Å². The molecule has 1 aromatic rings. The molecule has 1 aromatic carbocycles. The average molecular weight is 369 g/mol. The van der Waals surface area contributed by atoms with Gasteiger partial charge in [-0.3, -0.25) is 4.90 Å². The van der Waals surface area contributed by atoms with Gasteiger partial charge in [0.2, 0.25) is 0 Å². The van der Waals surface area contributed by atoms with Crippen LogP contribution < -0.4 is 10.6 Å². The standard InChI is InChI=1S/C19H29F2N3O2/c1-3-19(26,4-2)13-22-18(25)23-15-7-9-24(10-8-15)12-14-5-6-16(20)17(21)11-14/h5-6,11,15,26H,3-4,7-10,12-13H2,1-2H3,(H2,22,23,25). The van der Waals surface area contributed by atoms with Crippen molar-refractivity contribution in [3.05, 3.63) is 35.4 Å². The van der Waals surface area contributed by atoms with Crippen LogP contribution in [0.4, 0.5) is 13.6 Å². The van der Waals surface area contributed by atoms with Crippen LogP contribution in [-0.2, 0) is 6.54 Å². The van der Waals surface area contributed by atoms with Crippen LogP contribution in [0.2, 0.25) is 0 Å². The highest BCUT2D eigenvalue weighted by Crippen LogP contribution is 2.16. The summed E-state index contributed by atoms with van der Waals surface area (Å²) in [4.78, 5) is 14.2. The molecule has 0 atom stereocenters. The number of amides is 2. The van der Waals surface area contributed by atoms with Gasteiger partial charge in [-0.05, 0) is 43.4 Å². The smallest absolute Gasteiger partial charge is 0.315 e. The molecule has 0 aromatic heterocycles. The molecule has 0 spiro atoms. The zero-order valence-electron chi connectivity index (χ0n) is 15.5. The van der Waals surface area contributed by atoms with Crippen LogP contribution in [0.3, 0.4) is 0 Å². The van der Waals surface area contributed by atoms with Crippen LogP contribution in [0.25, 0.3) is 0 Å². The molecule has 0 aliphatic carbocycles. The minimum atomic E-state index is -0.856. The number of piperidine rings is 1. The van der Waals surface area contributed by atoms with Crippen LogP contribution in [0.1, 0.15) is 45.1 Å². The molecule has 1 aliphatic rings. The molecule has 0 bridgehead atoms. The lowest BCUT2D eigenvalue weighted by atomic mass is 9.98. The third-order valence-electron chi connectivity index (χ3n) is 5.21. The van der Waals surface area contributed by atoms with Crippen molar-refractivity contribution in [1.82, 2.24) is 15.5 Å². The first-order valence-corrected chi connectivity index (χ1v) is 9.28. The quantitative estimate of drug-likeness (QED) is 0.692. The van der Waals surface area contributed by atoms with Crippen molar-refractivity contribution in [1.29, 1.82) is 0 Å². The van der Waals surface area contributed by atoms with E-state index in [9.17, 15) is 18.7 Å². The van der Waals surface area contributed by atoms with Gasteiger partial charge in [0, 0.05) is 32.2 Å². The fraction of sp³-hybridized carbons (Fsp3) is 0.632. The second kappa shape index (κ2) is 9.28. The predicted molar refractivity (Wildman–Crippen MR) is 96.7 cm³/mol. The minimum Gasteiger partial charge on any atom is -0.388 e. The van der Waals surface area contributed by atoms with Crippen LogP contribution in [0.5, 0.6) is 0 Å². The summed E-state index contributed by atoms with van der Waals surface area (Å²) in [6.07, 6.45) is 2.77. The first-order valence-electron chi connectivity index (χ1n) is 9.28. The van der Waals surface area contributed by atoms with Gasteiger partial charge in [-0.1, -0.05) is 19.9 Å². The Morgan fingerprint density at radius 1 is 1.23 bits per heavy atom. The molecule has 0 unspecified atom stereocenters. The molecule has 0 saturated carbocycles. The molecule has 1 aliphatic heterocycles. The number of likely N-dealkylation sites (tertiary alicyclic amines) is 1. The molecule has 146 valence electrons. The Labute approximate surface area is 153 Å². The highest BCUT2D eigenvalue weighted by Gasteiger charge is 2.24. The number of halogens is 2. The van der Waals surface area contributed by atoms with Gasteiger partial charge in [0.1, 0.15) is 0 Å². The van der Waals surface area contributed by atoms with E-state index < -0.39 is 17.2 Å². The lowest BCUT2D eigenvalue weighted by Gasteiger charge is -2.33. The van der Waals surface area contributed by atoms with Crippen molar-refractivity contribution in [2.45, 2.75) is 57.7 Å². The summed E-state index contributed by atoms with van der Waals surface area (Å²) in [5.74, 6) is -1.66. The molecule has 1 heterocycles. The highest BCUT2D eigenvalue weighted by atomic mass is 19.2. The zero-order chi connectivity index (χ0) is 19.2. The Kier molecular flexibility index (Phi) is 7.34. The minimum absolute atomic E-state index is 0.0764. The summed E-state index contributed by atoms with van der Waals surface area (Å²) in [6, 6.07) is 3.79.